The van der Waals surface area contributed by atoms with Crippen LogP contribution in [0.2, 0.25) is 0 Å². The van der Waals surface area contributed by atoms with Crippen molar-refractivity contribution in [1.29, 1.82) is 0 Å². The standard InChI is InChI=1S/C14H24N2O4S/c1-11-14(5-7-15(8-6-14)21(2,18)19)20-10-13(17)16(11)9-12-3-4-12/h11-12H,3-10H2,1-2H3/t11-/m0/s1. The van der Waals surface area contributed by atoms with Gasteiger partial charge in [-0.3, -0.25) is 4.79 Å². The summed E-state index contributed by atoms with van der Waals surface area (Å²) in [4.78, 5) is 14.1. The lowest BCUT2D eigenvalue weighted by molar-refractivity contribution is -0.184. The van der Waals surface area contributed by atoms with E-state index in [1.54, 1.807) is 0 Å². The predicted octanol–water partition coefficient (Wildman–Crippen LogP) is 0.438. The Kier molecular flexibility index (Phi) is 3.78. The van der Waals surface area contributed by atoms with Crippen molar-refractivity contribution in [3.05, 3.63) is 0 Å². The third-order valence-corrected chi connectivity index (χ3v) is 6.53. The molecule has 1 aliphatic carbocycles. The highest BCUT2D eigenvalue weighted by molar-refractivity contribution is 7.88. The van der Waals surface area contributed by atoms with Crippen LogP contribution in [0.25, 0.3) is 0 Å². The lowest BCUT2D eigenvalue weighted by Crippen LogP contribution is -2.64. The van der Waals surface area contributed by atoms with Crippen LogP contribution < -0.4 is 0 Å². The number of sulfonamides is 1. The molecule has 0 aromatic heterocycles. The summed E-state index contributed by atoms with van der Waals surface area (Å²) in [5, 5.41) is 0. The summed E-state index contributed by atoms with van der Waals surface area (Å²) < 4.78 is 30.7. The fourth-order valence-corrected chi connectivity index (χ4v) is 4.35. The quantitative estimate of drug-likeness (QED) is 0.758. The van der Waals surface area contributed by atoms with E-state index in [0.29, 0.717) is 31.8 Å². The highest BCUT2D eigenvalue weighted by Crippen LogP contribution is 2.38. The zero-order chi connectivity index (χ0) is 15.3. The predicted molar refractivity (Wildman–Crippen MR) is 78.2 cm³/mol. The molecule has 0 aromatic carbocycles. The smallest absolute Gasteiger partial charge is 0.248 e. The number of morpholine rings is 1. The van der Waals surface area contributed by atoms with Crippen LogP contribution >= 0.6 is 0 Å². The first-order valence-corrected chi connectivity index (χ1v) is 9.55. The zero-order valence-corrected chi connectivity index (χ0v) is 13.6. The Morgan fingerprint density at radius 3 is 2.43 bits per heavy atom. The molecule has 0 aromatic rings. The number of amides is 1. The molecule has 3 aliphatic rings. The summed E-state index contributed by atoms with van der Waals surface area (Å²) in [6.45, 7) is 3.98. The molecule has 1 saturated carbocycles. The van der Waals surface area contributed by atoms with Gasteiger partial charge in [0, 0.05) is 19.6 Å². The average molecular weight is 316 g/mol. The van der Waals surface area contributed by atoms with Gasteiger partial charge in [-0.25, -0.2) is 12.7 Å². The van der Waals surface area contributed by atoms with Gasteiger partial charge in [-0.05, 0) is 38.5 Å². The molecule has 2 saturated heterocycles. The summed E-state index contributed by atoms with van der Waals surface area (Å²) in [5.74, 6) is 0.730. The molecule has 0 bridgehead atoms. The summed E-state index contributed by atoms with van der Waals surface area (Å²) in [7, 11) is -3.13. The number of carbonyl (C=O) groups is 1. The minimum atomic E-state index is -3.13. The molecule has 2 heterocycles. The Balaban J connectivity index is 1.71. The van der Waals surface area contributed by atoms with Crippen LogP contribution in [0.5, 0.6) is 0 Å². The Morgan fingerprint density at radius 2 is 1.90 bits per heavy atom. The molecule has 3 fully saturated rings. The molecule has 2 aliphatic heterocycles. The zero-order valence-electron chi connectivity index (χ0n) is 12.7. The average Bonchev–Trinajstić information content (AvgIpc) is 3.23. The van der Waals surface area contributed by atoms with E-state index >= 15 is 0 Å². The molecule has 21 heavy (non-hydrogen) atoms. The van der Waals surface area contributed by atoms with Crippen molar-refractivity contribution in [1.82, 2.24) is 9.21 Å². The van der Waals surface area contributed by atoms with Gasteiger partial charge in [0.15, 0.2) is 0 Å². The van der Waals surface area contributed by atoms with Crippen LogP contribution in [0.3, 0.4) is 0 Å². The number of piperidine rings is 1. The van der Waals surface area contributed by atoms with Crippen molar-refractivity contribution in [3.8, 4) is 0 Å². The Morgan fingerprint density at radius 1 is 1.29 bits per heavy atom. The maximum absolute atomic E-state index is 12.1. The van der Waals surface area contributed by atoms with E-state index in [9.17, 15) is 13.2 Å². The highest BCUT2D eigenvalue weighted by Gasteiger charge is 2.49. The number of nitrogens with zero attached hydrogens (tertiary/aromatic N) is 2. The van der Waals surface area contributed by atoms with Crippen LogP contribution in [-0.4, -0.2) is 67.7 Å². The van der Waals surface area contributed by atoms with Crippen LogP contribution in [-0.2, 0) is 19.6 Å². The second kappa shape index (κ2) is 5.21. The third-order valence-electron chi connectivity index (χ3n) is 5.22. The summed E-state index contributed by atoms with van der Waals surface area (Å²) in [6.07, 6.45) is 5.00. The fraction of sp³-hybridized carbons (Fsp3) is 0.929. The van der Waals surface area contributed by atoms with Crippen LogP contribution in [0.4, 0.5) is 0 Å². The molecule has 1 atom stereocenters. The van der Waals surface area contributed by atoms with Crippen LogP contribution in [0.15, 0.2) is 0 Å². The molecule has 6 nitrogen and oxygen atoms in total. The number of carbonyl (C=O) groups excluding carboxylic acids is 1. The number of rotatable bonds is 3. The second-order valence-electron chi connectivity index (χ2n) is 6.68. The molecule has 0 unspecified atom stereocenters. The van der Waals surface area contributed by atoms with Crippen molar-refractivity contribution in [2.75, 3.05) is 32.5 Å². The molecular weight excluding hydrogens is 292 g/mol. The van der Waals surface area contributed by atoms with E-state index in [2.05, 4.69) is 6.92 Å². The minimum absolute atomic E-state index is 0.0288. The number of hydrogen-bond donors (Lipinski definition) is 0. The van der Waals surface area contributed by atoms with Gasteiger partial charge >= 0.3 is 0 Å². The monoisotopic (exact) mass is 316 g/mol. The van der Waals surface area contributed by atoms with Crippen molar-refractivity contribution in [2.24, 2.45) is 5.92 Å². The molecule has 0 radical (unpaired) electrons. The van der Waals surface area contributed by atoms with Gasteiger partial charge in [0.2, 0.25) is 15.9 Å². The normalized spacial score (nSPS) is 30.9. The minimum Gasteiger partial charge on any atom is -0.363 e. The fourth-order valence-electron chi connectivity index (χ4n) is 3.51. The molecule has 0 N–H and O–H groups in total. The molecule has 120 valence electrons. The van der Waals surface area contributed by atoms with Gasteiger partial charge in [0.25, 0.3) is 0 Å². The van der Waals surface area contributed by atoms with Gasteiger partial charge < -0.3 is 9.64 Å². The molecular formula is C14H24N2O4S. The third kappa shape index (κ3) is 2.96. The van der Waals surface area contributed by atoms with Crippen molar-refractivity contribution in [3.63, 3.8) is 0 Å². The van der Waals surface area contributed by atoms with E-state index in [-0.39, 0.29) is 24.2 Å². The maximum atomic E-state index is 12.1. The topological polar surface area (TPSA) is 66.9 Å². The Bertz CT molecular complexity index is 521. The van der Waals surface area contributed by atoms with Gasteiger partial charge in [-0.15, -0.1) is 0 Å². The SMILES string of the molecule is C[C@@H]1N(CC2CC2)C(=O)COC12CCN(S(C)(=O)=O)CC2. The van der Waals surface area contributed by atoms with E-state index in [1.807, 2.05) is 4.90 Å². The van der Waals surface area contributed by atoms with Crippen molar-refractivity contribution < 1.29 is 17.9 Å². The first kappa shape index (κ1) is 15.2. The van der Waals surface area contributed by atoms with E-state index < -0.39 is 10.0 Å². The van der Waals surface area contributed by atoms with Crippen LogP contribution in [0.1, 0.15) is 32.6 Å². The van der Waals surface area contributed by atoms with E-state index in [0.717, 1.165) is 6.54 Å². The van der Waals surface area contributed by atoms with E-state index in [4.69, 9.17) is 4.74 Å². The number of ether oxygens (including phenoxy) is 1. The first-order chi connectivity index (χ1) is 9.82. The van der Waals surface area contributed by atoms with Crippen LogP contribution in [0, 0.1) is 5.92 Å². The molecule has 1 spiro atoms. The van der Waals surface area contributed by atoms with Gasteiger partial charge in [-0.2, -0.15) is 0 Å². The van der Waals surface area contributed by atoms with E-state index in [1.165, 1.54) is 23.4 Å². The molecule has 1 amide bonds. The van der Waals surface area contributed by atoms with Gasteiger partial charge in [0.1, 0.15) is 6.61 Å². The van der Waals surface area contributed by atoms with Gasteiger partial charge in [0.05, 0.1) is 17.9 Å². The Labute approximate surface area is 126 Å². The molecule has 3 rings (SSSR count). The second-order valence-corrected chi connectivity index (χ2v) is 8.66. The Hall–Kier alpha value is -0.660. The lowest BCUT2D eigenvalue weighted by atomic mass is 9.83. The summed E-state index contributed by atoms with van der Waals surface area (Å²) in [6, 6.07) is 0.0288. The van der Waals surface area contributed by atoms with Gasteiger partial charge in [-0.1, -0.05) is 0 Å². The van der Waals surface area contributed by atoms with Crippen molar-refractivity contribution in [2.45, 2.75) is 44.2 Å². The first-order valence-electron chi connectivity index (χ1n) is 7.70. The highest BCUT2D eigenvalue weighted by atomic mass is 32.2. The summed E-state index contributed by atoms with van der Waals surface area (Å²) >= 11 is 0. The molecule has 7 heteroatoms. The maximum Gasteiger partial charge on any atom is 0.248 e. The largest absolute Gasteiger partial charge is 0.363 e. The number of hydrogen-bond acceptors (Lipinski definition) is 4. The lowest BCUT2D eigenvalue weighted by Gasteiger charge is -2.51. The van der Waals surface area contributed by atoms with Crippen molar-refractivity contribution >= 4 is 15.9 Å². The summed E-state index contributed by atoms with van der Waals surface area (Å²) in [5.41, 5.74) is -0.371.